The van der Waals surface area contributed by atoms with Crippen LogP contribution in [-0.2, 0) is 20.0 Å². The lowest BCUT2D eigenvalue weighted by molar-refractivity contribution is 0.417. The second-order valence-corrected chi connectivity index (χ2v) is 9.51. The van der Waals surface area contributed by atoms with Crippen molar-refractivity contribution in [3.63, 3.8) is 0 Å². The third-order valence-electron chi connectivity index (χ3n) is 4.19. The highest BCUT2D eigenvalue weighted by atomic mass is 32.2. The first-order chi connectivity index (χ1) is 12.3. The molecule has 0 radical (unpaired) electrons. The fourth-order valence-electron chi connectivity index (χ4n) is 2.80. The van der Waals surface area contributed by atoms with E-state index in [0.717, 1.165) is 12.8 Å². The molecule has 0 amide bonds. The molecule has 140 valence electrons. The number of sulfonamides is 2. The molecule has 0 atom stereocenters. The van der Waals surface area contributed by atoms with Gasteiger partial charge in [0, 0.05) is 13.1 Å². The molecule has 26 heavy (non-hydrogen) atoms. The number of hydrogen-bond acceptors (Lipinski definition) is 5. The summed E-state index contributed by atoms with van der Waals surface area (Å²) in [5.41, 5.74) is 0.309. The van der Waals surface area contributed by atoms with Crippen LogP contribution in [0.3, 0.4) is 0 Å². The highest BCUT2D eigenvalue weighted by Gasteiger charge is 2.27. The molecular formula is C17H20N2O5S2. The van der Waals surface area contributed by atoms with E-state index in [1.807, 2.05) is 0 Å². The molecule has 9 heteroatoms. The maximum atomic E-state index is 12.6. The molecule has 1 aliphatic heterocycles. The monoisotopic (exact) mass is 396 g/mol. The number of methoxy groups -OCH3 is 1. The summed E-state index contributed by atoms with van der Waals surface area (Å²) in [4.78, 5) is 0.0689. The molecule has 1 aliphatic rings. The number of anilines is 1. The van der Waals surface area contributed by atoms with Crippen LogP contribution in [0.15, 0.2) is 58.3 Å². The van der Waals surface area contributed by atoms with Crippen molar-refractivity contribution < 1.29 is 21.6 Å². The topological polar surface area (TPSA) is 92.8 Å². The predicted octanol–water partition coefficient (Wildman–Crippen LogP) is 2.28. The van der Waals surface area contributed by atoms with Gasteiger partial charge in [0.1, 0.15) is 5.75 Å². The smallest absolute Gasteiger partial charge is 0.262 e. The van der Waals surface area contributed by atoms with E-state index in [-0.39, 0.29) is 9.79 Å². The summed E-state index contributed by atoms with van der Waals surface area (Å²) in [5.74, 6) is 0.393. The Balaban J connectivity index is 1.85. The zero-order valence-corrected chi connectivity index (χ0v) is 15.9. The van der Waals surface area contributed by atoms with Gasteiger partial charge in [0.25, 0.3) is 10.0 Å². The fourth-order valence-corrected chi connectivity index (χ4v) is 5.39. The lowest BCUT2D eigenvalue weighted by Gasteiger charge is -2.16. The van der Waals surface area contributed by atoms with Crippen LogP contribution < -0.4 is 9.46 Å². The standard InChI is InChI=1S/C17H20N2O5S2/c1-24-17-7-3-2-6-16(17)18-25(20,21)14-8-10-15(11-9-14)26(22,23)19-12-4-5-13-19/h2-3,6-11,18H,4-5,12-13H2,1H3. The minimum atomic E-state index is -3.87. The van der Waals surface area contributed by atoms with Gasteiger partial charge in [-0.3, -0.25) is 4.72 Å². The highest BCUT2D eigenvalue weighted by Crippen LogP contribution is 2.27. The molecule has 2 aromatic carbocycles. The molecule has 0 spiro atoms. The molecule has 1 heterocycles. The molecule has 1 saturated heterocycles. The van der Waals surface area contributed by atoms with Crippen LogP contribution in [0.25, 0.3) is 0 Å². The van der Waals surface area contributed by atoms with Gasteiger partial charge >= 0.3 is 0 Å². The molecule has 0 aliphatic carbocycles. The fraction of sp³-hybridized carbons (Fsp3) is 0.294. The van der Waals surface area contributed by atoms with Crippen LogP contribution >= 0.6 is 0 Å². The van der Waals surface area contributed by atoms with E-state index in [9.17, 15) is 16.8 Å². The van der Waals surface area contributed by atoms with Crippen molar-refractivity contribution in [2.24, 2.45) is 0 Å². The molecule has 0 unspecified atom stereocenters. The summed E-state index contributed by atoms with van der Waals surface area (Å²) in [6.07, 6.45) is 1.68. The third kappa shape index (κ3) is 3.69. The molecular weight excluding hydrogens is 376 g/mol. The zero-order chi connectivity index (χ0) is 18.8. The normalized spacial score (nSPS) is 15.7. The molecule has 7 nitrogen and oxygen atoms in total. The molecule has 0 bridgehead atoms. The second kappa shape index (κ2) is 7.26. The number of para-hydroxylation sites is 2. The van der Waals surface area contributed by atoms with E-state index in [1.54, 1.807) is 24.3 Å². The molecule has 3 rings (SSSR count). The van der Waals surface area contributed by atoms with Gasteiger partial charge in [0.2, 0.25) is 10.0 Å². The number of ether oxygens (including phenoxy) is 1. The first kappa shape index (κ1) is 18.7. The number of benzene rings is 2. The van der Waals surface area contributed by atoms with E-state index in [4.69, 9.17) is 4.74 Å². The van der Waals surface area contributed by atoms with Gasteiger partial charge in [-0.25, -0.2) is 16.8 Å². The van der Waals surface area contributed by atoms with Gasteiger partial charge in [0.15, 0.2) is 0 Å². The number of hydrogen-bond donors (Lipinski definition) is 1. The van der Waals surface area contributed by atoms with E-state index in [0.29, 0.717) is 24.5 Å². The Morgan fingerprint density at radius 1 is 0.885 bits per heavy atom. The van der Waals surface area contributed by atoms with Crippen LogP contribution in [0.5, 0.6) is 5.75 Å². The van der Waals surface area contributed by atoms with E-state index in [1.165, 1.54) is 35.7 Å². The van der Waals surface area contributed by atoms with E-state index in [2.05, 4.69) is 4.72 Å². The minimum absolute atomic E-state index is 0.0243. The lowest BCUT2D eigenvalue weighted by Crippen LogP contribution is -2.27. The third-order valence-corrected chi connectivity index (χ3v) is 7.48. The Kier molecular flexibility index (Phi) is 5.22. The maximum absolute atomic E-state index is 12.6. The first-order valence-electron chi connectivity index (χ1n) is 8.11. The lowest BCUT2D eigenvalue weighted by atomic mass is 10.3. The summed E-state index contributed by atoms with van der Waals surface area (Å²) in [6, 6.07) is 11.9. The second-order valence-electron chi connectivity index (χ2n) is 5.89. The van der Waals surface area contributed by atoms with Crippen LogP contribution in [0.1, 0.15) is 12.8 Å². The largest absolute Gasteiger partial charge is 0.495 e. The number of rotatable bonds is 6. The van der Waals surface area contributed by atoms with Crippen molar-refractivity contribution in [1.29, 1.82) is 0 Å². The van der Waals surface area contributed by atoms with Crippen molar-refractivity contribution in [3.8, 4) is 5.75 Å². The van der Waals surface area contributed by atoms with Crippen molar-refractivity contribution in [3.05, 3.63) is 48.5 Å². The Bertz CT molecular complexity index is 980. The van der Waals surface area contributed by atoms with Crippen LogP contribution in [0, 0.1) is 0 Å². The van der Waals surface area contributed by atoms with E-state index >= 15 is 0 Å². The van der Waals surface area contributed by atoms with Gasteiger partial charge < -0.3 is 4.74 Å². The Morgan fingerprint density at radius 3 is 2.08 bits per heavy atom. The summed E-state index contributed by atoms with van der Waals surface area (Å²) < 4.78 is 59.2. The zero-order valence-electron chi connectivity index (χ0n) is 14.3. The Morgan fingerprint density at radius 2 is 1.46 bits per heavy atom. The summed E-state index contributed by atoms with van der Waals surface area (Å²) in [5, 5.41) is 0. The predicted molar refractivity (Wildman–Crippen MR) is 98.2 cm³/mol. The average molecular weight is 396 g/mol. The molecule has 1 N–H and O–H groups in total. The van der Waals surface area contributed by atoms with Crippen molar-refractivity contribution in [2.75, 3.05) is 24.9 Å². The van der Waals surface area contributed by atoms with Crippen molar-refractivity contribution >= 4 is 25.7 Å². The quantitative estimate of drug-likeness (QED) is 0.809. The van der Waals surface area contributed by atoms with Crippen LogP contribution in [0.2, 0.25) is 0 Å². The molecule has 2 aromatic rings. The van der Waals surface area contributed by atoms with Gasteiger partial charge in [0.05, 0.1) is 22.6 Å². The van der Waals surface area contributed by atoms with Gasteiger partial charge in [-0.15, -0.1) is 0 Å². The summed E-state index contributed by atoms with van der Waals surface area (Å²) in [6.45, 7) is 0.996. The maximum Gasteiger partial charge on any atom is 0.262 e. The van der Waals surface area contributed by atoms with Gasteiger partial charge in [-0.2, -0.15) is 4.31 Å². The van der Waals surface area contributed by atoms with Crippen LogP contribution in [0.4, 0.5) is 5.69 Å². The Labute approximate surface area is 153 Å². The number of nitrogens with zero attached hydrogens (tertiary/aromatic N) is 1. The molecule has 0 aromatic heterocycles. The molecule has 0 saturated carbocycles. The summed E-state index contributed by atoms with van der Waals surface area (Å²) >= 11 is 0. The first-order valence-corrected chi connectivity index (χ1v) is 11.0. The van der Waals surface area contributed by atoms with Crippen molar-refractivity contribution in [2.45, 2.75) is 22.6 Å². The molecule has 1 fully saturated rings. The average Bonchev–Trinajstić information content (AvgIpc) is 3.17. The van der Waals surface area contributed by atoms with Crippen LogP contribution in [-0.4, -0.2) is 41.3 Å². The van der Waals surface area contributed by atoms with Crippen molar-refractivity contribution in [1.82, 2.24) is 4.31 Å². The number of nitrogens with one attached hydrogen (secondary N) is 1. The Hall–Kier alpha value is -2.10. The summed E-state index contributed by atoms with van der Waals surface area (Å²) in [7, 11) is -5.99. The van der Waals surface area contributed by atoms with Gasteiger partial charge in [-0.1, -0.05) is 12.1 Å². The van der Waals surface area contributed by atoms with Gasteiger partial charge in [-0.05, 0) is 49.2 Å². The minimum Gasteiger partial charge on any atom is -0.495 e. The van der Waals surface area contributed by atoms with E-state index < -0.39 is 20.0 Å². The SMILES string of the molecule is COc1ccccc1NS(=O)(=O)c1ccc(S(=O)(=O)N2CCCC2)cc1. The highest BCUT2D eigenvalue weighted by molar-refractivity contribution is 7.92.